The normalized spacial score (nSPS) is 12.1. The standard InChI is InChI=1S/C22H31N5O3S/c1-5-8-12-26(7-3)19-11-10-16(31-19)14-17-20(22(28)30-13-9-6-2)25-27-18(15-29-4)23-24-21(17)27/h10-11,14H,5-9,12-13,15H2,1-4H3/b17-14-. The molecule has 0 aromatic carbocycles. The highest BCUT2D eigenvalue weighted by atomic mass is 32.1. The molecule has 3 aromatic heterocycles. The predicted molar refractivity (Wildman–Crippen MR) is 123 cm³/mol. The SMILES string of the molecule is CCCCOC(=O)c1nn2c(COC)nnc2/c1=C\c1ccc(N(CC)CCCC)s1. The van der Waals surface area contributed by atoms with Crippen LogP contribution in [0.1, 0.15) is 67.6 Å². The molecule has 0 saturated heterocycles. The number of unbranched alkanes of at least 4 members (excludes halogenated alkanes) is 2. The molecule has 0 N–H and O–H groups in total. The molecule has 0 aliphatic rings. The Kier molecular flexibility index (Phi) is 8.36. The van der Waals surface area contributed by atoms with Gasteiger partial charge in [-0.25, -0.2) is 4.79 Å². The molecule has 0 atom stereocenters. The van der Waals surface area contributed by atoms with Gasteiger partial charge in [0.1, 0.15) is 6.61 Å². The molecule has 0 radical (unpaired) electrons. The number of nitrogens with zero attached hydrogens (tertiary/aromatic N) is 5. The highest BCUT2D eigenvalue weighted by Crippen LogP contribution is 2.27. The van der Waals surface area contributed by atoms with Crippen molar-refractivity contribution in [2.45, 2.75) is 53.1 Å². The summed E-state index contributed by atoms with van der Waals surface area (Å²) in [5, 5.41) is 14.7. The lowest BCUT2D eigenvalue weighted by molar-refractivity contribution is 0.0491. The van der Waals surface area contributed by atoms with Gasteiger partial charge in [0.05, 0.1) is 16.8 Å². The first-order chi connectivity index (χ1) is 15.1. The van der Waals surface area contributed by atoms with Crippen LogP contribution in [-0.4, -0.2) is 52.6 Å². The molecule has 3 rings (SSSR count). The summed E-state index contributed by atoms with van der Waals surface area (Å²) < 4.78 is 12.2. The average Bonchev–Trinajstić information content (AvgIpc) is 3.47. The van der Waals surface area contributed by atoms with Crippen molar-refractivity contribution in [1.82, 2.24) is 19.8 Å². The number of ether oxygens (including phenoxy) is 2. The largest absolute Gasteiger partial charge is 0.461 e. The average molecular weight is 446 g/mol. The maximum atomic E-state index is 12.7. The summed E-state index contributed by atoms with van der Waals surface area (Å²) in [4.78, 5) is 16.1. The molecule has 0 fully saturated rings. The third kappa shape index (κ3) is 5.40. The molecule has 0 aliphatic carbocycles. The van der Waals surface area contributed by atoms with Crippen LogP contribution in [0, 0.1) is 0 Å². The second kappa shape index (κ2) is 11.2. The van der Waals surface area contributed by atoms with Crippen molar-refractivity contribution in [2.75, 3.05) is 31.7 Å². The minimum atomic E-state index is -0.441. The Morgan fingerprint density at radius 3 is 2.71 bits per heavy atom. The topological polar surface area (TPSA) is 81.8 Å². The molecule has 31 heavy (non-hydrogen) atoms. The third-order valence-corrected chi connectivity index (χ3v) is 6.07. The van der Waals surface area contributed by atoms with Crippen LogP contribution in [-0.2, 0) is 16.1 Å². The van der Waals surface area contributed by atoms with Gasteiger partial charge in [-0.3, -0.25) is 0 Å². The second-order valence-electron chi connectivity index (χ2n) is 7.29. The number of hydrogen-bond donors (Lipinski definition) is 0. The summed E-state index contributed by atoms with van der Waals surface area (Å²) in [5.41, 5.74) is 0.786. The van der Waals surface area contributed by atoms with Crippen molar-refractivity contribution in [2.24, 2.45) is 0 Å². The van der Waals surface area contributed by atoms with E-state index in [4.69, 9.17) is 9.47 Å². The van der Waals surface area contributed by atoms with E-state index in [-0.39, 0.29) is 12.3 Å². The van der Waals surface area contributed by atoms with Crippen molar-refractivity contribution >= 4 is 34.0 Å². The number of carbonyl (C=O) groups is 1. The number of thiophene rings is 1. The Balaban J connectivity index is 2.00. The number of esters is 1. The monoisotopic (exact) mass is 445 g/mol. The van der Waals surface area contributed by atoms with Crippen molar-refractivity contribution < 1.29 is 14.3 Å². The van der Waals surface area contributed by atoms with Gasteiger partial charge in [-0.15, -0.1) is 21.5 Å². The lowest BCUT2D eigenvalue weighted by Gasteiger charge is -2.20. The van der Waals surface area contributed by atoms with E-state index in [0.717, 1.165) is 43.6 Å². The van der Waals surface area contributed by atoms with Gasteiger partial charge in [-0.2, -0.15) is 9.61 Å². The van der Waals surface area contributed by atoms with E-state index >= 15 is 0 Å². The summed E-state index contributed by atoms with van der Waals surface area (Å²) in [6, 6.07) is 4.19. The number of carbonyl (C=O) groups excluding carboxylic acids is 1. The zero-order valence-corrected chi connectivity index (χ0v) is 19.6. The minimum Gasteiger partial charge on any atom is -0.461 e. The maximum Gasteiger partial charge on any atom is 0.359 e. The summed E-state index contributed by atoms with van der Waals surface area (Å²) in [6.45, 7) is 9.05. The molecule has 0 saturated carbocycles. The van der Waals surface area contributed by atoms with Gasteiger partial charge < -0.3 is 14.4 Å². The van der Waals surface area contributed by atoms with Gasteiger partial charge in [0.15, 0.2) is 17.2 Å². The Labute approximate surface area is 186 Å². The number of rotatable bonds is 12. The molecule has 3 heterocycles. The fourth-order valence-corrected chi connectivity index (χ4v) is 4.27. The van der Waals surface area contributed by atoms with Crippen LogP contribution in [0.2, 0.25) is 0 Å². The highest BCUT2D eigenvalue weighted by molar-refractivity contribution is 7.16. The molecule has 0 amide bonds. The molecule has 168 valence electrons. The maximum absolute atomic E-state index is 12.7. The molecule has 9 heteroatoms. The van der Waals surface area contributed by atoms with Gasteiger partial charge in [0.25, 0.3) is 0 Å². The Morgan fingerprint density at radius 1 is 1.19 bits per heavy atom. The fraction of sp³-hybridized carbons (Fsp3) is 0.545. The number of hydrogen-bond acceptors (Lipinski definition) is 8. The summed E-state index contributed by atoms with van der Waals surface area (Å²) in [7, 11) is 1.59. The number of fused-ring (bicyclic) bond motifs is 1. The van der Waals surface area contributed by atoms with Crippen molar-refractivity contribution in [3.8, 4) is 0 Å². The Hall–Kier alpha value is -2.52. The van der Waals surface area contributed by atoms with Crippen LogP contribution < -0.4 is 10.1 Å². The van der Waals surface area contributed by atoms with Crippen LogP contribution in [0.25, 0.3) is 11.7 Å². The lowest BCUT2D eigenvalue weighted by Crippen LogP contribution is -2.22. The van der Waals surface area contributed by atoms with Gasteiger partial charge in [-0.1, -0.05) is 26.7 Å². The van der Waals surface area contributed by atoms with Gasteiger partial charge in [0.2, 0.25) is 0 Å². The van der Waals surface area contributed by atoms with E-state index in [9.17, 15) is 4.79 Å². The smallest absolute Gasteiger partial charge is 0.359 e. The van der Waals surface area contributed by atoms with Gasteiger partial charge >= 0.3 is 5.97 Å². The molecule has 0 aliphatic heterocycles. The first-order valence-corrected chi connectivity index (χ1v) is 11.7. The fourth-order valence-electron chi connectivity index (χ4n) is 3.23. The zero-order valence-electron chi connectivity index (χ0n) is 18.8. The van der Waals surface area contributed by atoms with Crippen molar-refractivity contribution in [3.05, 3.63) is 33.7 Å². The van der Waals surface area contributed by atoms with Gasteiger partial charge in [-0.05, 0) is 38.0 Å². The van der Waals surface area contributed by atoms with Crippen molar-refractivity contribution in [3.63, 3.8) is 0 Å². The van der Waals surface area contributed by atoms with E-state index in [0.29, 0.717) is 23.3 Å². The quantitative estimate of drug-likeness (QED) is 0.312. The van der Waals surface area contributed by atoms with E-state index in [2.05, 4.69) is 53.1 Å². The van der Waals surface area contributed by atoms with Gasteiger partial charge in [0, 0.05) is 25.1 Å². The van der Waals surface area contributed by atoms with E-state index in [1.807, 2.05) is 6.08 Å². The van der Waals surface area contributed by atoms with E-state index in [1.54, 1.807) is 23.0 Å². The lowest BCUT2D eigenvalue weighted by atomic mass is 10.3. The van der Waals surface area contributed by atoms with Crippen LogP contribution >= 0.6 is 11.3 Å². The molecular weight excluding hydrogens is 414 g/mol. The van der Waals surface area contributed by atoms with Crippen LogP contribution in [0.5, 0.6) is 0 Å². The number of methoxy groups -OCH3 is 1. The summed E-state index contributed by atoms with van der Waals surface area (Å²) >= 11 is 1.69. The Morgan fingerprint density at radius 2 is 2.00 bits per heavy atom. The molecule has 3 aromatic rings. The Bertz CT molecular complexity index is 1050. The molecule has 8 nitrogen and oxygen atoms in total. The van der Waals surface area contributed by atoms with Crippen LogP contribution in [0.4, 0.5) is 5.00 Å². The molecular formula is C22H31N5O3S. The third-order valence-electron chi connectivity index (χ3n) is 4.97. The number of anilines is 1. The van der Waals surface area contributed by atoms with Crippen LogP contribution in [0.15, 0.2) is 12.1 Å². The highest BCUT2D eigenvalue weighted by Gasteiger charge is 2.21. The molecule has 0 bridgehead atoms. The predicted octanol–water partition coefficient (Wildman–Crippen LogP) is 3.46. The first-order valence-electron chi connectivity index (χ1n) is 10.9. The summed E-state index contributed by atoms with van der Waals surface area (Å²) in [5.74, 6) is 0.104. The summed E-state index contributed by atoms with van der Waals surface area (Å²) in [6.07, 6.45) is 6.05. The second-order valence-corrected chi connectivity index (χ2v) is 8.38. The minimum absolute atomic E-state index is 0.256. The van der Waals surface area contributed by atoms with Crippen LogP contribution in [0.3, 0.4) is 0 Å². The molecule has 0 spiro atoms. The van der Waals surface area contributed by atoms with Crippen molar-refractivity contribution in [1.29, 1.82) is 0 Å². The number of aromatic nitrogens is 4. The molecule has 0 unspecified atom stereocenters. The van der Waals surface area contributed by atoms with E-state index < -0.39 is 5.97 Å². The zero-order chi connectivity index (χ0) is 22.2. The first kappa shape index (κ1) is 23.1. The van der Waals surface area contributed by atoms with E-state index in [1.165, 1.54) is 5.00 Å².